The van der Waals surface area contributed by atoms with Crippen LogP contribution in [-0.4, -0.2) is 64.5 Å². The van der Waals surface area contributed by atoms with Crippen LogP contribution in [0.4, 0.5) is 4.79 Å². The van der Waals surface area contributed by atoms with Crippen LogP contribution in [0.15, 0.2) is 40.6 Å². The van der Waals surface area contributed by atoms with Gasteiger partial charge in [-0.05, 0) is 18.1 Å². The van der Waals surface area contributed by atoms with E-state index in [1.807, 2.05) is 30.3 Å². The summed E-state index contributed by atoms with van der Waals surface area (Å²) in [6.45, 7) is 0.378. The number of amides is 1. The Balaban J connectivity index is 2.06. The van der Waals surface area contributed by atoms with E-state index in [-0.39, 0.29) is 19.7 Å². The number of methoxy groups -OCH3 is 2. The van der Waals surface area contributed by atoms with E-state index in [1.165, 1.54) is 19.1 Å². The summed E-state index contributed by atoms with van der Waals surface area (Å²) in [5.41, 5.74) is 0.869. The molecular formula is C18H25NO6S2. The molecule has 150 valence electrons. The lowest BCUT2D eigenvalue weighted by Gasteiger charge is -2.25. The summed E-state index contributed by atoms with van der Waals surface area (Å²) in [6, 6.07) is 9.34. The van der Waals surface area contributed by atoms with Crippen LogP contribution in [0.5, 0.6) is 0 Å². The van der Waals surface area contributed by atoms with Gasteiger partial charge in [-0.1, -0.05) is 30.3 Å². The summed E-state index contributed by atoms with van der Waals surface area (Å²) >= 11 is 0. The first-order valence-electron chi connectivity index (χ1n) is 8.53. The van der Waals surface area contributed by atoms with Crippen molar-refractivity contribution in [2.45, 2.75) is 19.3 Å². The van der Waals surface area contributed by atoms with Crippen molar-refractivity contribution in [1.82, 2.24) is 4.90 Å². The number of benzene rings is 1. The number of nitrogens with zero attached hydrogens (tertiary/aromatic N) is 1. The minimum absolute atomic E-state index is 0.115. The molecule has 0 radical (unpaired) electrons. The molecule has 0 spiro atoms. The van der Waals surface area contributed by atoms with Gasteiger partial charge in [-0.2, -0.15) is 0 Å². The third-order valence-corrected chi connectivity index (χ3v) is 7.61. The maximum Gasteiger partial charge on any atom is 0.410 e. The second-order valence-electron chi connectivity index (χ2n) is 5.82. The molecule has 2 atom stereocenters. The Morgan fingerprint density at radius 3 is 2.37 bits per heavy atom. The summed E-state index contributed by atoms with van der Waals surface area (Å²) in [5.74, 6) is 0.990. The van der Waals surface area contributed by atoms with Crippen molar-refractivity contribution < 1.29 is 27.4 Å². The first kappa shape index (κ1) is 21.7. The highest BCUT2D eigenvalue weighted by Crippen LogP contribution is 2.17. The highest BCUT2D eigenvalue weighted by atomic mass is 32.2. The molecule has 0 aromatic heterocycles. The van der Waals surface area contributed by atoms with Crippen LogP contribution < -0.4 is 0 Å². The topological polar surface area (TPSA) is 82.1 Å². The molecule has 2 rings (SSSR count). The minimum atomic E-state index is -1.27. The third-order valence-electron chi connectivity index (χ3n) is 3.95. The van der Waals surface area contributed by atoms with Gasteiger partial charge in [0.15, 0.2) is 6.29 Å². The Bertz CT molecular complexity index is 672. The van der Waals surface area contributed by atoms with Crippen molar-refractivity contribution in [1.29, 1.82) is 0 Å². The zero-order valence-corrected chi connectivity index (χ0v) is 17.1. The smallest absolute Gasteiger partial charge is 0.410 e. The lowest BCUT2D eigenvalue weighted by atomic mass is 10.2. The zero-order valence-electron chi connectivity index (χ0n) is 15.5. The molecule has 1 aliphatic heterocycles. The van der Waals surface area contributed by atoms with Crippen molar-refractivity contribution in [3.63, 3.8) is 0 Å². The van der Waals surface area contributed by atoms with Gasteiger partial charge in [0.1, 0.15) is 10.8 Å². The van der Waals surface area contributed by atoms with Crippen LogP contribution >= 0.6 is 0 Å². The molecule has 1 saturated heterocycles. The van der Waals surface area contributed by atoms with Crippen molar-refractivity contribution >= 4 is 27.7 Å². The van der Waals surface area contributed by atoms with E-state index in [0.717, 1.165) is 5.56 Å². The number of carbonyl (C=O) groups is 1. The number of carbonyl (C=O) groups excluding carboxylic acids is 1. The largest absolute Gasteiger partial charge is 0.445 e. The molecule has 27 heavy (non-hydrogen) atoms. The summed E-state index contributed by atoms with van der Waals surface area (Å²) in [7, 11) is 0.420. The van der Waals surface area contributed by atoms with Gasteiger partial charge in [-0.25, -0.2) is 4.79 Å². The van der Waals surface area contributed by atoms with Gasteiger partial charge in [0, 0.05) is 32.3 Å². The molecule has 1 heterocycles. The van der Waals surface area contributed by atoms with Crippen molar-refractivity contribution in [3.8, 4) is 0 Å². The Morgan fingerprint density at radius 1 is 1.15 bits per heavy atom. The fraction of sp³-hybridized carbons (Fsp3) is 0.500. The van der Waals surface area contributed by atoms with Crippen molar-refractivity contribution in [3.05, 3.63) is 46.2 Å². The lowest BCUT2D eigenvalue weighted by Crippen LogP contribution is -2.39. The summed E-state index contributed by atoms with van der Waals surface area (Å²) in [6.07, 6.45) is 1.09. The minimum Gasteiger partial charge on any atom is -0.445 e. The maximum atomic E-state index is 12.5. The number of ether oxygens (including phenoxy) is 3. The van der Waals surface area contributed by atoms with E-state index in [4.69, 9.17) is 14.2 Å². The Morgan fingerprint density at radius 2 is 1.78 bits per heavy atom. The SMILES string of the molecule is COC(CN(CC=C1[S@](=O)CCC[S@]1=O)C(=O)OCc1ccccc1)OC. The van der Waals surface area contributed by atoms with Gasteiger partial charge >= 0.3 is 6.09 Å². The van der Waals surface area contributed by atoms with Gasteiger partial charge < -0.3 is 14.2 Å². The van der Waals surface area contributed by atoms with Crippen LogP contribution in [0.1, 0.15) is 12.0 Å². The molecule has 1 aromatic rings. The average molecular weight is 416 g/mol. The van der Waals surface area contributed by atoms with Crippen molar-refractivity contribution in [2.75, 3.05) is 38.8 Å². The molecule has 0 N–H and O–H groups in total. The first-order chi connectivity index (χ1) is 13.0. The van der Waals surface area contributed by atoms with E-state index in [0.29, 0.717) is 22.2 Å². The third kappa shape index (κ3) is 6.84. The Labute approximate surface area is 164 Å². The normalized spacial score (nSPS) is 19.7. The zero-order chi connectivity index (χ0) is 19.6. The number of hydrogen-bond acceptors (Lipinski definition) is 6. The molecule has 9 heteroatoms. The Kier molecular flexibility index (Phi) is 9.12. The molecule has 0 bridgehead atoms. The van der Waals surface area contributed by atoms with Crippen LogP contribution in [0.25, 0.3) is 0 Å². The molecule has 0 unspecified atom stereocenters. The molecule has 7 nitrogen and oxygen atoms in total. The van der Waals surface area contributed by atoms with Gasteiger partial charge in [0.25, 0.3) is 0 Å². The highest BCUT2D eigenvalue weighted by Gasteiger charge is 2.23. The highest BCUT2D eigenvalue weighted by molar-refractivity contribution is 8.09. The molecule has 1 aromatic carbocycles. The second kappa shape index (κ2) is 11.3. The lowest BCUT2D eigenvalue weighted by molar-refractivity contribution is -0.113. The molecular weight excluding hydrogens is 390 g/mol. The molecule has 1 fully saturated rings. The van der Waals surface area contributed by atoms with E-state index < -0.39 is 34.0 Å². The van der Waals surface area contributed by atoms with Crippen LogP contribution in [0.3, 0.4) is 0 Å². The van der Waals surface area contributed by atoms with E-state index >= 15 is 0 Å². The summed E-state index contributed by atoms with van der Waals surface area (Å²) < 4.78 is 40.3. The maximum absolute atomic E-state index is 12.5. The van der Waals surface area contributed by atoms with E-state index in [1.54, 1.807) is 6.08 Å². The predicted molar refractivity (Wildman–Crippen MR) is 105 cm³/mol. The number of hydrogen-bond donors (Lipinski definition) is 0. The molecule has 1 aliphatic rings. The Hall–Kier alpha value is -1.55. The van der Waals surface area contributed by atoms with Crippen LogP contribution in [0, 0.1) is 0 Å². The fourth-order valence-electron chi connectivity index (χ4n) is 2.46. The van der Waals surface area contributed by atoms with E-state index in [9.17, 15) is 13.2 Å². The quantitative estimate of drug-likeness (QED) is 0.604. The first-order valence-corrected chi connectivity index (χ1v) is 11.2. The van der Waals surface area contributed by atoms with Gasteiger partial charge in [0.05, 0.1) is 28.1 Å². The second-order valence-corrected chi connectivity index (χ2v) is 9.16. The van der Waals surface area contributed by atoms with Crippen molar-refractivity contribution in [2.24, 2.45) is 0 Å². The number of rotatable bonds is 8. The van der Waals surface area contributed by atoms with Gasteiger partial charge in [-0.3, -0.25) is 13.3 Å². The summed E-state index contributed by atoms with van der Waals surface area (Å²) in [4.78, 5) is 13.9. The van der Waals surface area contributed by atoms with Gasteiger partial charge in [0.2, 0.25) is 0 Å². The van der Waals surface area contributed by atoms with Crippen LogP contribution in [0.2, 0.25) is 0 Å². The average Bonchev–Trinajstić information content (AvgIpc) is 2.69. The molecule has 0 aliphatic carbocycles. The molecule has 1 amide bonds. The monoisotopic (exact) mass is 415 g/mol. The van der Waals surface area contributed by atoms with E-state index in [2.05, 4.69) is 0 Å². The molecule has 0 saturated carbocycles. The predicted octanol–water partition coefficient (Wildman–Crippen LogP) is 1.99. The fourth-order valence-corrected chi connectivity index (χ4v) is 5.70. The summed E-state index contributed by atoms with van der Waals surface area (Å²) in [5, 5.41) is 0. The van der Waals surface area contributed by atoms with Crippen LogP contribution in [-0.2, 0) is 42.4 Å². The standard InChI is InChI=1S/C18H25NO6S2/c1-23-16(24-2)13-19(10-9-17-26(21)11-6-12-27(17)22)18(20)25-14-15-7-4-3-5-8-15/h3-5,7-9,16H,6,10-14H2,1-2H3/t26-,27-/m1/s1. The van der Waals surface area contributed by atoms with Gasteiger partial charge in [-0.15, -0.1) is 0 Å².